The normalized spacial score (nSPS) is 30.3. The maximum atomic E-state index is 7.29. The van der Waals surface area contributed by atoms with E-state index in [1.165, 1.54) is 12.8 Å². The van der Waals surface area contributed by atoms with Crippen molar-refractivity contribution in [3.05, 3.63) is 11.5 Å². The number of halogens is 4. The quantitative estimate of drug-likeness (QED) is 0.491. The van der Waals surface area contributed by atoms with Crippen molar-refractivity contribution in [1.29, 1.82) is 0 Å². The van der Waals surface area contributed by atoms with Crippen molar-refractivity contribution in [1.82, 2.24) is 0 Å². The topological polar surface area (TPSA) is 47.6 Å². The maximum Gasteiger partial charge on any atom is -0.0548 e. The molecule has 0 aliphatic heterocycles. The van der Waals surface area contributed by atoms with E-state index in [4.69, 9.17) is 49.1 Å². The third-order valence-electron chi connectivity index (χ3n) is 1.77. The van der Waals surface area contributed by atoms with E-state index >= 15 is 0 Å². The van der Waals surface area contributed by atoms with Gasteiger partial charge in [-0.2, -0.15) is 12.1 Å². The van der Waals surface area contributed by atoms with Gasteiger partial charge in [0.2, 0.25) is 0 Å². The summed E-state index contributed by atoms with van der Waals surface area (Å²) in [4.78, 5) is 0. The molecule has 2 N–H and O–H groups in total. The molecule has 1 aliphatic rings. The molecule has 1 saturated carbocycles. The summed E-state index contributed by atoms with van der Waals surface area (Å²) in [5.41, 5.74) is 14.6. The van der Waals surface area contributed by atoms with E-state index in [0.29, 0.717) is 0 Å². The van der Waals surface area contributed by atoms with Gasteiger partial charge in [-0.1, -0.05) is 25.7 Å². The summed E-state index contributed by atoms with van der Waals surface area (Å²) in [7, 11) is 20.0. The molecule has 2 nitrogen and oxygen atoms in total. The van der Waals surface area contributed by atoms with Crippen molar-refractivity contribution in [2.75, 3.05) is 0 Å². The monoisotopic (exact) mass is 447 g/mol. The minimum Gasteiger partial charge on any atom is -0.676 e. The molecule has 1 rings (SSSR count). The Morgan fingerprint density at radius 1 is 0.846 bits per heavy atom. The van der Waals surface area contributed by atoms with Gasteiger partial charge in [0.1, 0.15) is 0 Å². The molecule has 7 heteroatoms. The Bertz CT molecular complexity index is 125. The first-order valence-electron chi connectivity index (χ1n) is 3.71. The molecule has 0 heterocycles. The minimum atomic E-state index is -3.06. The van der Waals surface area contributed by atoms with E-state index < -0.39 is 11.9 Å². The Morgan fingerprint density at radius 2 is 1.08 bits per heavy atom. The van der Waals surface area contributed by atoms with Crippen LogP contribution in [0.3, 0.4) is 0 Å². The second-order valence-corrected chi connectivity index (χ2v) is 22.5. The van der Waals surface area contributed by atoms with Gasteiger partial charge in [-0.05, 0) is 0 Å². The Balaban J connectivity index is 0.000000252. The molecule has 1 fully saturated rings. The average molecular weight is 449 g/mol. The van der Waals surface area contributed by atoms with Crippen molar-refractivity contribution in [2.45, 2.75) is 37.8 Å². The molecule has 0 radical (unpaired) electrons. The fraction of sp³-hybridized carbons (Fsp3) is 1.00. The number of hydrogen-bond acceptors (Lipinski definition) is 0. The van der Waals surface area contributed by atoms with Gasteiger partial charge < -0.3 is 11.5 Å². The van der Waals surface area contributed by atoms with E-state index in [0.717, 1.165) is 12.8 Å². The standard InChI is InChI=1S/C6H12N2.4ClH.Pt/c7-5-3-1-2-4-6(5)8;;;;;/h5-8H,1-4H2;4*1H;/q-2;;;;;+2/p-4. The second-order valence-electron chi connectivity index (χ2n) is 2.77. The molecule has 2 unspecified atom stereocenters. The molecule has 0 saturated heterocycles. The summed E-state index contributed by atoms with van der Waals surface area (Å²) in [5, 5.41) is 0. The van der Waals surface area contributed by atoms with Crippen LogP contribution in [0, 0.1) is 0 Å². The molecular weight excluding hydrogens is 437 g/mol. The van der Waals surface area contributed by atoms with Crippen LogP contribution in [-0.4, -0.2) is 12.1 Å². The molecule has 0 spiro atoms. The zero-order valence-electron chi connectivity index (χ0n) is 6.81. The Hall–Kier alpha value is 1.77. The summed E-state index contributed by atoms with van der Waals surface area (Å²) in [5.74, 6) is 0. The van der Waals surface area contributed by atoms with Crippen molar-refractivity contribution < 1.29 is 11.9 Å². The third kappa shape index (κ3) is 11.7. The van der Waals surface area contributed by atoms with Crippen molar-refractivity contribution in [2.24, 2.45) is 0 Å². The van der Waals surface area contributed by atoms with Gasteiger partial charge in [0.15, 0.2) is 0 Å². The Kier molecular flexibility index (Phi) is 8.08. The largest absolute Gasteiger partial charge is 0.676 e. The van der Waals surface area contributed by atoms with Gasteiger partial charge >= 0.3 is 49.6 Å². The molecule has 0 amide bonds. The molecule has 13 heavy (non-hydrogen) atoms. The van der Waals surface area contributed by atoms with E-state index in [1.807, 2.05) is 0 Å². The fourth-order valence-electron chi connectivity index (χ4n) is 1.13. The summed E-state index contributed by atoms with van der Waals surface area (Å²) >= 11 is -3.06. The first-order chi connectivity index (χ1) is 5.80. The molecule has 2 atom stereocenters. The zero-order valence-corrected chi connectivity index (χ0v) is 12.1. The van der Waals surface area contributed by atoms with E-state index in [1.54, 1.807) is 0 Å². The summed E-state index contributed by atoms with van der Waals surface area (Å²) in [6.45, 7) is 0. The van der Waals surface area contributed by atoms with Crippen LogP contribution in [0.15, 0.2) is 0 Å². The van der Waals surface area contributed by atoms with E-state index in [9.17, 15) is 0 Å². The number of hydrogen-bond donors (Lipinski definition) is 0. The Morgan fingerprint density at radius 3 is 1.23 bits per heavy atom. The van der Waals surface area contributed by atoms with Crippen LogP contribution < -0.4 is 0 Å². The van der Waals surface area contributed by atoms with Crippen LogP contribution in [0.4, 0.5) is 0 Å². The zero-order chi connectivity index (χ0) is 10.5. The van der Waals surface area contributed by atoms with Gasteiger partial charge in [0.25, 0.3) is 0 Å². The predicted octanol–water partition coefficient (Wildman–Crippen LogP) is 5.16. The number of rotatable bonds is 0. The predicted molar refractivity (Wildman–Crippen MR) is 58.1 cm³/mol. The van der Waals surface area contributed by atoms with Gasteiger partial charge in [-0.3, -0.25) is 0 Å². The van der Waals surface area contributed by atoms with Crippen LogP contribution in [0.25, 0.3) is 11.5 Å². The maximum absolute atomic E-state index is 7.29. The molecule has 1 aliphatic carbocycles. The average Bonchev–Trinajstić information content (AvgIpc) is 1.92. The van der Waals surface area contributed by atoms with Gasteiger partial charge in [0.05, 0.1) is 0 Å². The van der Waals surface area contributed by atoms with Gasteiger partial charge in [-0.15, -0.1) is 0 Å². The minimum absolute atomic E-state index is 0.0799. The third-order valence-corrected chi connectivity index (χ3v) is 1.77. The molecule has 0 aromatic heterocycles. The molecule has 0 bridgehead atoms. The van der Waals surface area contributed by atoms with Crippen LogP contribution >= 0.6 is 37.7 Å². The summed E-state index contributed by atoms with van der Waals surface area (Å²) in [6.07, 6.45) is 4.25. The smallest absolute Gasteiger partial charge is 0.0548 e. The van der Waals surface area contributed by atoms with Gasteiger partial charge in [0, 0.05) is 0 Å². The molecule has 0 aromatic carbocycles. The Labute approximate surface area is 98.1 Å². The van der Waals surface area contributed by atoms with E-state index in [2.05, 4.69) is 0 Å². The molecular formula is C6H12Cl4N2Pt-4. The second kappa shape index (κ2) is 7.11. The van der Waals surface area contributed by atoms with Crippen LogP contribution in [0.5, 0.6) is 0 Å². The van der Waals surface area contributed by atoms with Crippen molar-refractivity contribution >= 4 is 37.7 Å². The first kappa shape index (κ1) is 14.8. The summed E-state index contributed by atoms with van der Waals surface area (Å²) < 4.78 is 0. The van der Waals surface area contributed by atoms with Crippen molar-refractivity contribution in [3.63, 3.8) is 0 Å². The molecule has 88 valence electrons. The fourth-order valence-corrected chi connectivity index (χ4v) is 1.13. The van der Waals surface area contributed by atoms with Gasteiger partial charge in [-0.25, -0.2) is 0 Å². The van der Waals surface area contributed by atoms with Crippen LogP contribution in [0.1, 0.15) is 25.7 Å². The van der Waals surface area contributed by atoms with Crippen molar-refractivity contribution in [3.8, 4) is 0 Å². The summed E-state index contributed by atoms with van der Waals surface area (Å²) in [6, 6.07) is -0.160. The van der Waals surface area contributed by atoms with Crippen LogP contribution in [0.2, 0.25) is 0 Å². The first-order valence-corrected chi connectivity index (χ1v) is 15.0. The SMILES string of the molecule is [Cl][Pt-2]([Cl])([Cl])[Cl].[NH-]C1CCCCC1[NH-]. The van der Waals surface area contributed by atoms with Crippen LogP contribution in [-0.2, 0) is 11.9 Å². The number of nitrogens with one attached hydrogen (secondary N) is 2. The van der Waals surface area contributed by atoms with E-state index in [-0.39, 0.29) is 12.1 Å². The molecule has 0 aromatic rings.